The Kier molecular flexibility index (Phi) is 5.82. The lowest BCUT2D eigenvalue weighted by Crippen LogP contribution is -2.47. The third-order valence-electron chi connectivity index (χ3n) is 1.70. The van der Waals surface area contributed by atoms with E-state index in [9.17, 15) is 9.59 Å². The minimum atomic E-state index is -1.09. The topological polar surface area (TPSA) is 102 Å². The summed E-state index contributed by atoms with van der Waals surface area (Å²) in [7, 11) is 1.50. The van der Waals surface area contributed by atoms with Crippen molar-refractivity contribution in [3.05, 3.63) is 0 Å². The molecule has 4 N–H and O–H groups in total. The summed E-state index contributed by atoms with van der Waals surface area (Å²) >= 11 is 0. The van der Waals surface area contributed by atoms with Gasteiger partial charge >= 0.3 is 5.97 Å². The Labute approximate surface area is 82.4 Å². The number of amides is 1. The van der Waals surface area contributed by atoms with Crippen LogP contribution in [0, 0.1) is 0 Å². The van der Waals surface area contributed by atoms with Gasteiger partial charge in [0, 0.05) is 13.7 Å². The van der Waals surface area contributed by atoms with E-state index in [1.165, 1.54) is 14.0 Å². The van der Waals surface area contributed by atoms with Gasteiger partial charge in [-0.3, -0.25) is 9.59 Å². The Bertz CT molecular complexity index is 208. The molecule has 82 valence electrons. The Balaban J connectivity index is 3.88. The quantitative estimate of drug-likeness (QED) is 0.512. The van der Waals surface area contributed by atoms with Crippen molar-refractivity contribution >= 4 is 11.9 Å². The Morgan fingerprint density at radius 1 is 1.57 bits per heavy atom. The minimum Gasteiger partial charge on any atom is -0.480 e. The van der Waals surface area contributed by atoms with E-state index < -0.39 is 24.0 Å². The van der Waals surface area contributed by atoms with Crippen LogP contribution >= 0.6 is 0 Å². The first kappa shape index (κ1) is 12.9. The van der Waals surface area contributed by atoms with Crippen LogP contribution in [0.15, 0.2) is 0 Å². The summed E-state index contributed by atoms with van der Waals surface area (Å²) in [5.74, 6) is -1.56. The monoisotopic (exact) mass is 204 g/mol. The van der Waals surface area contributed by atoms with Gasteiger partial charge in [-0.25, -0.2) is 0 Å². The standard InChI is InChI=1S/C8H16N2O4/c1-5(8(12)13)10-7(11)6(9)3-4-14-2/h5-6H,3-4,9H2,1-2H3,(H,10,11)(H,12,13)/t5-,6?/m0/s1. The van der Waals surface area contributed by atoms with E-state index in [1.54, 1.807) is 0 Å². The van der Waals surface area contributed by atoms with Gasteiger partial charge in [-0.15, -0.1) is 0 Å². The number of carboxylic acid groups (broad SMARTS) is 1. The number of nitrogens with one attached hydrogen (secondary N) is 1. The van der Waals surface area contributed by atoms with Crippen LogP contribution in [-0.2, 0) is 14.3 Å². The van der Waals surface area contributed by atoms with E-state index in [0.29, 0.717) is 13.0 Å². The molecule has 6 heteroatoms. The smallest absolute Gasteiger partial charge is 0.325 e. The highest BCUT2D eigenvalue weighted by Crippen LogP contribution is 1.91. The maximum Gasteiger partial charge on any atom is 0.325 e. The van der Waals surface area contributed by atoms with Crippen molar-refractivity contribution in [1.82, 2.24) is 5.32 Å². The van der Waals surface area contributed by atoms with Gasteiger partial charge in [-0.2, -0.15) is 0 Å². The van der Waals surface area contributed by atoms with Crippen LogP contribution in [0.25, 0.3) is 0 Å². The molecule has 0 spiro atoms. The number of methoxy groups -OCH3 is 1. The number of aliphatic carboxylic acids is 1. The average molecular weight is 204 g/mol. The maximum atomic E-state index is 11.2. The molecule has 0 saturated carbocycles. The fourth-order valence-corrected chi connectivity index (χ4v) is 0.758. The molecular weight excluding hydrogens is 188 g/mol. The number of rotatable bonds is 6. The van der Waals surface area contributed by atoms with Gasteiger partial charge in [0.15, 0.2) is 0 Å². The zero-order chi connectivity index (χ0) is 11.1. The molecule has 0 aromatic carbocycles. The fourth-order valence-electron chi connectivity index (χ4n) is 0.758. The van der Waals surface area contributed by atoms with Crippen LogP contribution in [0.3, 0.4) is 0 Å². The molecule has 6 nitrogen and oxygen atoms in total. The molecule has 0 heterocycles. The minimum absolute atomic E-state index is 0.370. The van der Waals surface area contributed by atoms with Gasteiger partial charge < -0.3 is 20.9 Å². The maximum absolute atomic E-state index is 11.2. The number of carbonyl (C=O) groups is 2. The summed E-state index contributed by atoms with van der Waals surface area (Å²) in [4.78, 5) is 21.6. The van der Waals surface area contributed by atoms with Gasteiger partial charge in [0.05, 0.1) is 6.04 Å². The first-order valence-corrected chi connectivity index (χ1v) is 4.26. The van der Waals surface area contributed by atoms with Crippen LogP contribution in [0.2, 0.25) is 0 Å². The molecule has 0 rings (SSSR count). The van der Waals surface area contributed by atoms with E-state index in [2.05, 4.69) is 5.32 Å². The van der Waals surface area contributed by atoms with E-state index >= 15 is 0 Å². The highest BCUT2D eigenvalue weighted by Gasteiger charge is 2.18. The summed E-state index contributed by atoms with van der Waals surface area (Å²) in [6, 6.07) is -1.65. The molecule has 0 aliphatic heterocycles. The van der Waals surface area contributed by atoms with Crippen molar-refractivity contribution in [3.8, 4) is 0 Å². The second-order valence-corrected chi connectivity index (χ2v) is 2.96. The summed E-state index contributed by atoms with van der Waals surface area (Å²) in [6.07, 6.45) is 0.370. The van der Waals surface area contributed by atoms with Crippen molar-refractivity contribution in [2.24, 2.45) is 5.73 Å². The van der Waals surface area contributed by atoms with Gasteiger partial charge in [-0.1, -0.05) is 0 Å². The number of hydrogen-bond acceptors (Lipinski definition) is 4. The SMILES string of the molecule is COCCC(N)C(=O)N[C@@H](C)C(=O)O. The van der Waals surface area contributed by atoms with Gasteiger partial charge in [0.2, 0.25) is 5.91 Å². The predicted molar refractivity (Wildman–Crippen MR) is 49.7 cm³/mol. The van der Waals surface area contributed by atoms with Crippen molar-refractivity contribution in [2.45, 2.75) is 25.4 Å². The Morgan fingerprint density at radius 2 is 2.14 bits per heavy atom. The summed E-state index contributed by atoms with van der Waals surface area (Å²) in [5, 5.41) is 10.8. The third kappa shape index (κ3) is 4.78. The Morgan fingerprint density at radius 3 is 2.57 bits per heavy atom. The molecule has 1 amide bonds. The number of carboxylic acids is 1. The van der Waals surface area contributed by atoms with E-state index in [4.69, 9.17) is 15.6 Å². The van der Waals surface area contributed by atoms with Gasteiger partial charge in [-0.05, 0) is 13.3 Å². The molecule has 0 aliphatic rings. The molecule has 0 saturated heterocycles. The number of nitrogens with two attached hydrogens (primary N) is 1. The van der Waals surface area contributed by atoms with Crippen LogP contribution in [0.5, 0.6) is 0 Å². The van der Waals surface area contributed by atoms with Crippen molar-refractivity contribution < 1.29 is 19.4 Å². The van der Waals surface area contributed by atoms with E-state index in [1.807, 2.05) is 0 Å². The van der Waals surface area contributed by atoms with Gasteiger partial charge in [0.1, 0.15) is 6.04 Å². The second-order valence-electron chi connectivity index (χ2n) is 2.96. The van der Waals surface area contributed by atoms with E-state index in [-0.39, 0.29) is 0 Å². The lowest BCUT2D eigenvalue weighted by Gasteiger charge is -2.14. The summed E-state index contributed by atoms with van der Waals surface area (Å²) < 4.78 is 4.74. The number of hydrogen-bond donors (Lipinski definition) is 3. The predicted octanol–water partition coefficient (Wildman–Crippen LogP) is -1.06. The molecule has 0 aromatic heterocycles. The normalized spacial score (nSPS) is 14.5. The molecule has 0 aliphatic carbocycles. The van der Waals surface area contributed by atoms with Crippen LogP contribution in [-0.4, -0.2) is 42.8 Å². The zero-order valence-corrected chi connectivity index (χ0v) is 8.32. The highest BCUT2D eigenvalue weighted by molar-refractivity contribution is 5.86. The molecule has 2 atom stereocenters. The molecule has 0 radical (unpaired) electrons. The number of ether oxygens (including phenoxy) is 1. The highest BCUT2D eigenvalue weighted by atomic mass is 16.5. The molecule has 14 heavy (non-hydrogen) atoms. The van der Waals surface area contributed by atoms with Crippen LogP contribution in [0.1, 0.15) is 13.3 Å². The Hall–Kier alpha value is -1.14. The fraction of sp³-hybridized carbons (Fsp3) is 0.750. The second kappa shape index (κ2) is 6.33. The molecule has 0 aromatic rings. The van der Waals surface area contributed by atoms with Crippen molar-refractivity contribution in [1.29, 1.82) is 0 Å². The first-order chi connectivity index (χ1) is 6.49. The van der Waals surface area contributed by atoms with Crippen LogP contribution in [0.4, 0.5) is 0 Å². The summed E-state index contributed by atoms with van der Waals surface area (Å²) in [6.45, 7) is 1.75. The van der Waals surface area contributed by atoms with Crippen molar-refractivity contribution in [2.75, 3.05) is 13.7 Å². The molecular formula is C8H16N2O4. The largest absolute Gasteiger partial charge is 0.480 e. The van der Waals surface area contributed by atoms with E-state index in [0.717, 1.165) is 0 Å². The zero-order valence-electron chi connectivity index (χ0n) is 8.32. The number of carbonyl (C=O) groups excluding carboxylic acids is 1. The average Bonchev–Trinajstić information content (AvgIpc) is 2.13. The first-order valence-electron chi connectivity index (χ1n) is 4.26. The van der Waals surface area contributed by atoms with Crippen molar-refractivity contribution in [3.63, 3.8) is 0 Å². The van der Waals surface area contributed by atoms with Crippen LogP contribution < -0.4 is 11.1 Å². The third-order valence-corrected chi connectivity index (χ3v) is 1.70. The lowest BCUT2D eigenvalue weighted by molar-refractivity contribution is -0.141. The van der Waals surface area contributed by atoms with Gasteiger partial charge in [0.25, 0.3) is 0 Å². The molecule has 0 bridgehead atoms. The molecule has 0 fully saturated rings. The molecule has 1 unspecified atom stereocenters. The summed E-state index contributed by atoms with van der Waals surface area (Å²) in [5.41, 5.74) is 5.47. The lowest BCUT2D eigenvalue weighted by atomic mass is 10.2.